The molecule has 1 aliphatic carbocycles. The quantitative estimate of drug-likeness (QED) is 0.776. The average molecular weight is 332 g/mol. The molecular formula is C19H16N4O2. The fourth-order valence-corrected chi connectivity index (χ4v) is 2.73. The molecule has 2 aromatic rings. The summed E-state index contributed by atoms with van der Waals surface area (Å²) in [5.74, 6) is 6.32. The summed E-state index contributed by atoms with van der Waals surface area (Å²) in [5, 5.41) is 27.3. The first-order valence-corrected chi connectivity index (χ1v) is 7.91. The number of benzene rings is 1. The number of nitrogens with two attached hydrogens (primary N) is 1. The molecule has 25 heavy (non-hydrogen) atoms. The number of hydrogen-bond donors (Lipinski definition) is 2. The van der Waals surface area contributed by atoms with Gasteiger partial charge >= 0.3 is 0 Å². The number of nitrogen functional groups attached to an aromatic ring is 1. The molecule has 0 saturated heterocycles. The van der Waals surface area contributed by atoms with E-state index in [2.05, 4.69) is 28.1 Å². The van der Waals surface area contributed by atoms with Gasteiger partial charge in [0.1, 0.15) is 16.9 Å². The minimum absolute atomic E-state index is 0.0831. The summed E-state index contributed by atoms with van der Waals surface area (Å²) in [6, 6.07) is 10.7. The number of carbonyl (C=O) groups excluding carboxylic acids is 1. The lowest BCUT2D eigenvalue weighted by Gasteiger charge is -2.24. The van der Waals surface area contributed by atoms with E-state index in [-0.39, 0.29) is 17.4 Å². The molecule has 6 nitrogen and oxygen atoms in total. The normalized spacial score (nSPS) is 15.7. The molecule has 1 aromatic heterocycles. The third-order valence-corrected chi connectivity index (χ3v) is 4.31. The lowest BCUT2D eigenvalue weighted by Crippen LogP contribution is -2.24. The highest BCUT2D eigenvalue weighted by molar-refractivity contribution is 5.79. The summed E-state index contributed by atoms with van der Waals surface area (Å²) < 4.78 is 0. The molecule has 0 spiro atoms. The Kier molecular flexibility index (Phi) is 4.36. The number of hydrogen-bond acceptors (Lipinski definition) is 6. The van der Waals surface area contributed by atoms with E-state index in [9.17, 15) is 15.2 Å². The molecule has 1 fully saturated rings. The predicted octanol–water partition coefficient (Wildman–Crippen LogP) is 2.44. The Morgan fingerprint density at radius 3 is 2.60 bits per heavy atom. The molecule has 0 unspecified atom stereocenters. The van der Waals surface area contributed by atoms with Crippen molar-refractivity contribution in [2.75, 3.05) is 5.73 Å². The van der Waals surface area contributed by atoms with Gasteiger partial charge < -0.3 is 10.8 Å². The van der Waals surface area contributed by atoms with E-state index in [0.717, 1.165) is 0 Å². The number of rotatable bonds is 1. The zero-order valence-electron chi connectivity index (χ0n) is 13.5. The smallest absolute Gasteiger partial charge is 0.161 e. The first-order valence-electron chi connectivity index (χ1n) is 7.91. The molecular weight excluding hydrogens is 316 g/mol. The highest BCUT2D eigenvalue weighted by Crippen LogP contribution is 2.34. The lowest BCUT2D eigenvalue weighted by molar-refractivity contribution is -0.121. The Labute approximate surface area is 145 Å². The van der Waals surface area contributed by atoms with Crippen LogP contribution in [-0.4, -0.2) is 21.1 Å². The number of para-hydroxylation sites is 1. The SMILES string of the molecule is N#CC1(C#Cc2cc(-c3ccccc3O)nnc2N)CCC(=O)CC1. The van der Waals surface area contributed by atoms with Crippen LogP contribution in [0.2, 0.25) is 0 Å². The number of phenolic OH excluding ortho intramolecular Hbond substituents is 1. The van der Waals surface area contributed by atoms with Crippen LogP contribution in [-0.2, 0) is 4.79 Å². The number of nitriles is 1. The van der Waals surface area contributed by atoms with Crippen LogP contribution in [0.3, 0.4) is 0 Å². The fraction of sp³-hybridized carbons (Fsp3) is 0.263. The van der Waals surface area contributed by atoms with Crippen molar-refractivity contribution in [2.45, 2.75) is 25.7 Å². The summed E-state index contributed by atoms with van der Waals surface area (Å²) in [7, 11) is 0. The number of aromatic hydroxyl groups is 1. The monoisotopic (exact) mass is 332 g/mol. The average Bonchev–Trinajstić information content (AvgIpc) is 2.63. The standard InChI is InChI=1S/C19H16N4O2/c20-12-19(9-6-14(24)7-10-19)8-5-13-11-16(22-23-18(13)21)15-3-1-2-4-17(15)25/h1-4,11,25H,6-7,9-10H2,(H2,21,23). The maximum absolute atomic E-state index is 11.4. The molecule has 1 heterocycles. The maximum Gasteiger partial charge on any atom is 0.161 e. The van der Waals surface area contributed by atoms with E-state index >= 15 is 0 Å². The van der Waals surface area contributed by atoms with Gasteiger partial charge in [-0.15, -0.1) is 10.2 Å². The number of phenols is 1. The van der Waals surface area contributed by atoms with Gasteiger partial charge in [0.2, 0.25) is 0 Å². The molecule has 0 amide bonds. The van der Waals surface area contributed by atoms with Crippen LogP contribution in [0.25, 0.3) is 11.3 Å². The van der Waals surface area contributed by atoms with Crippen molar-refractivity contribution in [3.8, 4) is 34.9 Å². The molecule has 124 valence electrons. The number of nitrogens with zero attached hydrogens (tertiary/aromatic N) is 3. The van der Waals surface area contributed by atoms with Gasteiger partial charge in [-0.1, -0.05) is 24.0 Å². The van der Waals surface area contributed by atoms with Crippen molar-refractivity contribution in [3.63, 3.8) is 0 Å². The van der Waals surface area contributed by atoms with Crippen LogP contribution in [0.1, 0.15) is 31.2 Å². The summed E-state index contributed by atoms with van der Waals surface area (Å²) in [6.45, 7) is 0. The molecule has 1 saturated carbocycles. The Hall–Kier alpha value is -3.38. The van der Waals surface area contributed by atoms with Gasteiger partial charge in [-0.2, -0.15) is 5.26 Å². The third kappa shape index (κ3) is 3.44. The number of aromatic nitrogens is 2. The number of ketones is 1. The Bertz CT molecular complexity index is 924. The van der Waals surface area contributed by atoms with Crippen LogP contribution >= 0.6 is 0 Å². The van der Waals surface area contributed by atoms with E-state index < -0.39 is 5.41 Å². The predicted molar refractivity (Wildman–Crippen MR) is 91.9 cm³/mol. The molecule has 0 bridgehead atoms. The van der Waals surface area contributed by atoms with Gasteiger partial charge in [-0.25, -0.2) is 0 Å². The fourth-order valence-electron chi connectivity index (χ4n) is 2.73. The number of carbonyl (C=O) groups is 1. The van der Waals surface area contributed by atoms with Crippen LogP contribution in [0, 0.1) is 28.6 Å². The first kappa shape index (κ1) is 16.5. The van der Waals surface area contributed by atoms with Crippen LogP contribution < -0.4 is 5.73 Å². The van der Waals surface area contributed by atoms with E-state index in [0.29, 0.717) is 42.5 Å². The van der Waals surface area contributed by atoms with Gasteiger partial charge in [0, 0.05) is 18.4 Å². The van der Waals surface area contributed by atoms with E-state index in [4.69, 9.17) is 5.73 Å². The zero-order valence-corrected chi connectivity index (χ0v) is 13.5. The summed E-state index contributed by atoms with van der Waals surface area (Å²) >= 11 is 0. The highest BCUT2D eigenvalue weighted by Gasteiger charge is 2.33. The second-order valence-electron chi connectivity index (χ2n) is 6.03. The molecule has 1 aromatic carbocycles. The topological polar surface area (TPSA) is 113 Å². The molecule has 3 N–H and O–H groups in total. The van der Waals surface area contributed by atoms with E-state index in [1.807, 2.05) is 0 Å². The van der Waals surface area contributed by atoms with Crippen LogP contribution in [0.15, 0.2) is 30.3 Å². The second-order valence-corrected chi connectivity index (χ2v) is 6.03. The number of Topliss-reactive ketones (excluding diaryl/α,β-unsaturated/α-hetero) is 1. The molecule has 6 heteroatoms. The molecule has 0 radical (unpaired) electrons. The Morgan fingerprint density at radius 1 is 1.20 bits per heavy atom. The summed E-state index contributed by atoms with van der Waals surface area (Å²) in [6.07, 6.45) is 1.60. The molecule has 1 aliphatic rings. The van der Waals surface area contributed by atoms with Crippen LogP contribution in [0.4, 0.5) is 5.82 Å². The molecule has 0 atom stereocenters. The Morgan fingerprint density at radius 2 is 1.92 bits per heavy atom. The van der Waals surface area contributed by atoms with Crippen molar-refractivity contribution in [2.24, 2.45) is 5.41 Å². The van der Waals surface area contributed by atoms with Gasteiger partial charge in [0.05, 0.1) is 17.3 Å². The van der Waals surface area contributed by atoms with Gasteiger partial charge in [0.25, 0.3) is 0 Å². The van der Waals surface area contributed by atoms with Crippen molar-refractivity contribution in [1.29, 1.82) is 5.26 Å². The minimum atomic E-state index is -0.835. The molecule has 3 rings (SSSR count). The van der Waals surface area contributed by atoms with E-state index in [1.54, 1.807) is 30.3 Å². The summed E-state index contributed by atoms with van der Waals surface area (Å²) in [5.41, 5.74) is 6.43. The van der Waals surface area contributed by atoms with Gasteiger partial charge in [0.15, 0.2) is 5.82 Å². The van der Waals surface area contributed by atoms with Gasteiger partial charge in [-0.3, -0.25) is 4.79 Å². The minimum Gasteiger partial charge on any atom is -0.507 e. The highest BCUT2D eigenvalue weighted by atomic mass is 16.3. The molecule has 0 aliphatic heterocycles. The largest absolute Gasteiger partial charge is 0.507 e. The van der Waals surface area contributed by atoms with Crippen LogP contribution in [0.5, 0.6) is 5.75 Å². The van der Waals surface area contributed by atoms with Gasteiger partial charge in [-0.05, 0) is 31.0 Å². The Balaban J connectivity index is 1.97. The zero-order chi connectivity index (χ0) is 17.9. The second kappa shape index (κ2) is 6.62. The van der Waals surface area contributed by atoms with Crippen molar-refractivity contribution < 1.29 is 9.90 Å². The van der Waals surface area contributed by atoms with Crippen molar-refractivity contribution in [3.05, 3.63) is 35.9 Å². The summed E-state index contributed by atoms with van der Waals surface area (Å²) in [4.78, 5) is 11.4. The number of anilines is 1. The lowest BCUT2D eigenvalue weighted by atomic mass is 9.75. The first-order chi connectivity index (χ1) is 12.0. The van der Waals surface area contributed by atoms with Crippen molar-refractivity contribution >= 4 is 11.6 Å². The van der Waals surface area contributed by atoms with E-state index in [1.165, 1.54) is 0 Å². The van der Waals surface area contributed by atoms with Crippen molar-refractivity contribution in [1.82, 2.24) is 10.2 Å². The third-order valence-electron chi connectivity index (χ3n) is 4.31. The maximum atomic E-state index is 11.4.